The summed E-state index contributed by atoms with van der Waals surface area (Å²) < 4.78 is 1.66. The fourth-order valence-electron chi connectivity index (χ4n) is 2.38. The lowest BCUT2D eigenvalue weighted by atomic mass is 10.2. The fraction of sp³-hybridized carbons (Fsp3) is 0.533. The minimum absolute atomic E-state index is 0.000932. The van der Waals surface area contributed by atoms with Crippen LogP contribution in [0.15, 0.2) is 10.2 Å². The molecule has 0 aromatic carbocycles. The van der Waals surface area contributed by atoms with Crippen LogP contribution in [-0.2, 0) is 11.3 Å². The highest BCUT2D eigenvalue weighted by Gasteiger charge is 2.21. The molecule has 0 fully saturated rings. The fourth-order valence-corrected chi connectivity index (χ4v) is 4.17. The average molecular weight is 339 g/mol. The third-order valence-corrected chi connectivity index (χ3v) is 5.94. The van der Waals surface area contributed by atoms with Gasteiger partial charge in [-0.1, -0.05) is 11.3 Å². The average Bonchev–Trinajstić information content (AvgIpc) is 2.97. The molecule has 22 heavy (non-hydrogen) atoms. The normalized spacial score (nSPS) is 12.4. The van der Waals surface area contributed by atoms with Crippen LogP contribution in [0.25, 0.3) is 0 Å². The van der Waals surface area contributed by atoms with Crippen molar-refractivity contribution in [2.45, 2.75) is 46.7 Å². The molecular formula is C15H21N3O2S2. The molecule has 2 rings (SSSR count). The standard InChI is InChI=1S/C15H21N3O2S2/c1-9-8-21-15(20)18(9)7-6-13(19)17(5)11(3)14-10(2)16-12(4)22-14/h8,11H,6-7H2,1-5H3/t11-/m1/s1. The van der Waals surface area contributed by atoms with Crippen molar-refractivity contribution in [3.63, 3.8) is 0 Å². The van der Waals surface area contributed by atoms with Crippen LogP contribution < -0.4 is 4.87 Å². The molecule has 0 bridgehead atoms. The molecule has 7 heteroatoms. The Bertz CT molecular complexity index is 729. The predicted molar refractivity (Wildman–Crippen MR) is 90.7 cm³/mol. The lowest BCUT2D eigenvalue weighted by molar-refractivity contribution is -0.132. The zero-order chi connectivity index (χ0) is 16.4. The molecule has 5 nitrogen and oxygen atoms in total. The first kappa shape index (κ1) is 16.9. The lowest BCUT2D eigenvalue weighted by Gasteiger charge is -2.24. The molecule has 0 saturated heterocycles. The Labute approximate surface area is 138 Å². The van der Waals surface area contributed by atoms with Gasteiger partial charge in [0.15, 0.2) is 0 Å². The molecule has 0 spiro atoms. The summed E-state index contributed by atoms with van der Waals surface area (Å²) in [6, 6.07) is -0.000932. The molecule has 1 atom stereocenters. The minimum Gasteiger partial charge on any atom is -0.338 e. The van der Waals surface area contributed by atoms with Crippen LogP contribution in [0.1, 0.15) is 40.7 Å². The van der Waals surface area contributed by atoms with Crippen molar-refractivity contribution in [3.8, 4) is 0 Å². The summed E-state index contributed by atoms with van der Waals surface area (Å²) in [6.07, 6.45) is 0.329. The zero-order valence-electron chi connectivity index (χ0n) is 13.5. The summed E-state index contributed by atoms with van der Waals surface area (Å²) >= 11 is 2.81. The third-order valence-electron chi connectivity index (χ3n) is 3.82. The molecular weight excluding hydrogens is 318 g/mol. The summed E-state index contributed by atoms with van der Waals surface area (Å²) in [6.45, 7) is 8.28. The Morgan fingerprint density at radius 2 is 2.09 bits per heavy atom. The molecule has 0 N–H and O–H groups in total. The van der Waals surface area contributed by atoms with Crippen LogP contribution in [0, 0.1) is 20.8 Å². The van der Waals surface area contributed by atoms with Gasteiger partial charge in [-0.2, -0.15) is 0 Å². The van der Waals surface area contributed by atoms with Gasteiger partial charge >= 0.3 is 4.87 Å². The summed E-state index contributed by atoms with van der Waals surface area (Å²) in [4.78, 5) is 31.3. The van der Waals surface area contributed by atoms with E-state index in [9.17, 15) is 9.59 Å². The van der Waals surface area contributed by atoms with Crippen molar-refractivity contribution < 1.29 is 4.79 Å². The van der Waals surface area contributed by atoms with Crippen LogP contribution in [0.4, 0.5) is 0 Å². The van der Waals surface area contributed by atoms with Crippen molar-refractivity contribution >= 4 is 28.6 Å². The first-order chi connectivity index (χ1) is 10.3. The largest absolute Gasteiger partial charge is 0.338 e. The topological polar surface area (TPSA) is 55.2 Å². The monoisotopic (exact) mass is 339 g/mol. The molecule has 0 aliphatic rings. The number of thiazole rings is 2. The number of aryl methyl sites for hydroxylation is 3. The Morgan fingerprint density at radius 3 is 2.59 bits per heavy atom. The molecule has 0 saturated carbocycles. The van der Waals surface area contributed by atoms with Crippen LogP contribution >= 0.6 is 22.7 Å². The van der Waals surface area contributed by atoms with E-state index in [1.165, 1.54) is 11.3 Å². The van der Waals surface area contributed by atoms with Crippen molar-refractivity contribution in [1.82, 2.24) is 14.5 Å². The highest BCUT2D eigenvalue weighted by molar-refractivity contribution is 7.11. The summed E-state index contributed by atoms with van der Waals surface area (Å²) in [5.41, 5.74) is 1.90. The first-order valence-electron chi connectivity index (χ1n) is 7.15. The molecule has 2 aromatic heterocycles. The number of rotatable bonds is 5. The Morgan fingerprint density at radius 1 is 1.41 bits per heavy atom. The number of aromatic nitrogens is 2. The van der Waals surface area contributed by atoms with Gasteiger partial charge in [0, 0.05) is 36.0 Å². The maximum atomic E-state index is 12.4. The van der Waals surface area contributed by atoms with E-state index in [4.69, 9.17) is 0 Å². The zero-order valence-corrected chi connectivity index (χ0v) is 15.2. The lowest BCUT2D eigenvalue weighted by Crippen LogP contribution is -2.31. The second-order valence-corrected chi connectivity index (χ2v) is 7.46. The van der Waals surface area contributed by atoms with Gasteiger partial charge < -0.3 is 9.47 Å². The van der Waals surface area contributed by atoms with E-state index in [-0.39, 0.29) is 16.8 Å². The minimum atomic E-state index is -0.00470. The first-order valence-corrected chi connectivity index (χ1v) is 8.85. The highest BCUT2D eigenvalue weighted by Crippen LogP contribution is 2.28. The van der Waals surface area contributed by atoms with E-state index in [0.29, 0.717) is 13.0 Å². The number of amides is 1. The number of carbonyl (C=O) groups excluding carboxylic acids is 1. The summed E-state index contributed by atoms with van der Waals surface area (Å²) in [5, 5.41) is 2.84. The van der Waals surface area contributed by atoms with Crippen LogP contribution in [0.5, 0.6) is 0 Å². The van der Waals surface area contributed by atoms with Crippen LogP contribution in [-0.4, -0.2) is 27.4 Å². The Hall–Kier alpha value is -1.47. The Kier molecular flexibility index (Phi) is 5.18. The van der Waals surface area contributed by atoms with Gasteiger partial charge in [-0.15, -0.1) is 11.3 Å². The van der Waals surface area contributed by atoms with Crippen molar-refractivity contribution in [1.29, 1.82) is 0 Å². The van der Waals surface area contributed by atoms with E-state index >= 15 is 0 Å². The molecule has 2 aromatic rings. The van der Waals surface area contributed by atoms with E-state index in [1.54, 1.807) is 20.8 Å². The molecule has 0 aliphatic heterocycles. The number of hydrogen-bond donors (Lipinski definition) is 0. The van der Waals surface area contributed by atoms with Crippen molar-refractivity contribution in [2.24, 2.45) is 0 Å². The second-order valence-electron chi connectivity index (χ2n) is 5.41. The molecule has 0 radical (unpaired) electrons. The molecule has 0 unspecified atom stereocenters. The van der Waals surface area contributed by atoms with Gasteiger partial charge in [-0.05, 0) is 27.7 Å². The third kappa shape index (κ3) is 3.47. The number of nitrogens with zero attached hydrogens (tertiary/aromatic N) is 3. The second kappa shape index (κ2) is 6.75. The number of hydrogen-bond acceptors (Lipinski definition) is 5. The van der Waals surface area contributed by atoms with Crippen LogP contribution in [0.3, 0.4) is 0 Å². The van der Waals surface area contributed by atoms with Gasteiger partial charge in [0.25, 0.3) is 0 Å². The quantitative estimate of drug-likeness (QED) is 0.841. The van der Waals surface area contributed by atoms with E-state index in [1.807, 2.05) is 40.1 Å². The van der Waals surface area contributed by atoms with Gasteiger partial charge in [0.05, 0.1) is 16.7 Å². The Balaban J connectivity index is 2.03. The smallest absolute Gasteiger partial charge is 0.307 e. The van der Waals surface area contributed by atoms with Gasteiger partial charge in [0.1, 0.15) is 0 Å². The van der Waals surface area contributed by atoms with Gasteiger partial charge in [-0.25, -0.2) is 4.98 Å². The molecule has 120 valence electrons. The van der Waals surface area contributed by atoms with E-state index in [0.717, 1.165) is 21.3 Å². The number of carbonyl (C=O) groups is 1. The van der Waals surface area contributed by atoms with Crippen molar-refractivity contribution in [3.05, 3.63) is 36.3 Å². The maximum absolute atomic E-state index is 12.4. The maximum Gasteiger partial charge on any atom is 0.307 e. The van der Waals surface area contributed by atoms with Crippen molar-refractivity contribution in [2.75, 3.05) is 7.05 Å². The molecule has 2 heterocycles. The van der Waals surface area contributed by atoms with Crippen LogP contribution in [0.2, 0.25) is 0 Å². The molecule has 0 aliphatic carbocycles. The van der Waals surface area contributed by atoms with E-state index in [2.05, 4.69) is 4.98 Å². The van der Waals surface area contributed by atoms with Gasteiger partial charge in [0.2, 0.25) is 5.91 Å². The van der Waals surface area contributed by atoms with E-state index < -0.39 is 0 Å². The van der Waals surface area contributed by atoms with Gasteiger partial charge in [-0.3, -0.25) is 9.59 Å². The molecule has 1 amide bonds. The summed E-state index contributed by atoms with van der Waals surface area (Å²) in [7, 11) is 1.81. The SMILES string of the molecule is Cc1nc(C)c([C@@H](C)N(C)C(=O)CCn2c(C)csc2=O)s1. The summed E-state index contributed by atoms with van der Waals surface area (Å²) in [5.74, 6) is 0.0375. The highest BCUT2D eigenvalue weighted by atomic mass is 32.1. The predicted octanol–water partition coefficient (Wildman–Crippen LogP) is 2.90.